The number of hydrazone groups is 1. The molecule has 0 fully saturated rings. The molecule has 0 radical (unpaired) electrons. The van der Waals surface area contributed by atoms with Crippen molar-refractivity contribution in [2.75, 3.05) is 0 Å². The molecule has 0 saturated carbocycles. The van der Waals surface area contributed by atoms with Crippen LogP contribution < -0.4 is 5.43 Å². The van der Waals surface area contributed by atoms with Crippen molar-refractivity contribution in [2.24, 2.45) is 10.1 Å². The number of phenols is 1. The summed E-state index contributed by atoms with van der Waals surface area (Å²) >= 11 is 6.27. The van der Waals surface area contributed by atoms with Crippen molar-refractivity contribution in [1.82, 2.24) is 5.43 Å². The highest BCUT2D eigenvalue weighted by Crippen LogP contribution is 2.40. The molecule has 4 nitrogen and oxygen atoms in total. The lowest BCUT2D eigenvalue weighted by Gasteiger charge is -2.28. The quantitative estimate of drug-likeness (QED) is 0.242. The van der Waals surface area contributed by atoms with Crippen LogP contribution in [0.3, 0.4) is 0 Å². The van der Waals surface area contributed by atoms with E-state index in [0.717, 1.165) is 27.9 Å². The zero-order valence-electron chi connectivity index (χ0n) is 20.1. The van der Waals surface area contributed by atoms with E-state index in [1.165, 1.54) is 0 Å². The van der Waals surface area contributed by atoms with Crippen LogP contribution in [0.4, 0.5) is 5.69 Å². The second kappa shape index (κ2) is 9.80. The van der Waals surface area contributed by atoms with Gasteiger partial charge in [0, 0.05) is 27.3 Å². The van der Waals surface area contributed by atoms with Crippen LogP contribution in [0.1, 0.15) is 63.8 Å². The zero-order valence-corrected chi connectivity index (χ0v) is 20.9. The number of aromatic hydroxyl groups is 1. The fourth-order valence-corrected chi connectivity index (χ4v) is 3.63. The average Bonchev–Trinajstić information content (AvgIpc) is 2.73. The molecule has 5 heteroatoms. The molecule has 0 saturated heterocycles. The van der Waals surface area contributed by atoms with Gasteiger partial charge in [0.15, 0.2) is 5.84 Å². The second-order valence-corrected chi connectivity index (χ2v) is 10.5. The molecular weight excluding hydrogens is 430 g/mol. The molecule has 0 amide bonds. The smallest absolute Gasteiger partial charge is 0.154 e. The highest BCUT2D eigenvalue weighted by molar-refractivity contribution is 6.33. The first-order valence-corrected chi connectivity index (χ1v) is 11.4. The monoisotopic (exact) mass is 461 g/mol. The van der Waals surface area contributed by atoms with Crippen LogP contribution in [0, 0.1) is 0 Å². The molecular formula is C28H32ClN3O. The van der Waals surface area contributed by atoms with Gasteiger partial charge < -0.3 is 5.11 Å². The number of phenolic OH excluding ortho intramolecular Hbond substituents is 1. The van der Waals surface area contributed by atoms with E-state index in [0.29, 0.717) is 16.6 Å². The highest BCUT2D eigenvalue weighted by atomic mass is 35.5. The van der Waals surface area contributed by atoms with Gasteiger partial charge in [-0.15, -0.1) is 0 Å². The topological polar surface area (TPSA) is 57.0 Å². The van der Waals surface area contributed by atoms with Gasteiger partial charge in [0.1, 0.15) is 5.75 Å². The second-order valence-electron chi connectivity index (χ2n) is 10.1. The molecule has 0 aliphatic rings. The number of benzene rings is 3. The molecule has 0 atom stereocenters. The van der Waals surface area contributed by atoms with Gasteiger partial charge in [-0.05, 0) is 41.2 Å². The van der Waals surface area contributed by atoms with E-state index in [1.54, 1.807) is 6.21 Å². The molecule has 0 unspecified atom stereocenters. The number of amidine groups is 1. The highest BCUT2D eigenvalue weighted by Gasteiger charge is 2.27. The number of nitrogens with zero attached hydrogens (tertiary/aromatic N) is 2. The molecule has 3 aromatic carbocycles. The molecule has 0 aliphatic heterocycles. The summed E-state index contributed by atoms with van der Waals surface area (Å²) in [6.45, 7) is 12.6. The van der Waals surface area contributed by atoms with Crippen LogP contribution >= 0.6 is 11.6 Å². The lowest BCUT2D eigenvalue weighted by atomic mass is 9.78. The molecule has 0 aliphatic carbocycles. The predicted molar refractivity (Wildman–Crippen MR) is 140 cm³/mol. The van der Waals surface area contributed by atoms with Crippen molar-refractivity contribution >= 4 is 29.3 Å². The van der Waals surface area contributed by atoms with Crippen LogP contribution in [0.15, 0.2) is 76.8 Å². The Balaban J connectivity index is 2.14. The Bertz CT molecular complexity index is 1130. The number of nitrogens with one attached hydrogen (secondary N) is 1. The zero-order chi connectivity index (χ0) is 24.2. The third-order valence-electron chi connectivity index (χ3n) is 5.28. The number of rotatable bonds is 4. The van der Waals surface area contributed by atoms with Crippen LogP contribution in [-0.4, -0.2) is 17.2 Å². The summed E-state index contributed by atoms with van der Waals surface area (Å²) < 4.78 is 0. The first kappa shape index (κ1) is 24.5. The fourth-order valence-electron chi connectivity index (χ4n) is 3.44. The molecule has 0 aromatic heterocycles. The predicted octanol–water partition coefficient (Wildman–Crippen LogP) is 7.34. The minimum Gasteiger partial charge on any atom is -0.507 e. The minimum absolute atomic E-state index is 0.251. The average molecular weight is 462 g/mol. The summed E-state index contributed by atoms with van der Waals surface area (Å²) in [4.78, 5) is 4.84. The molecule has 0 bridgehead atoms. The van der Waals surface area contributed by atoms with E-state index in [1.807, 2.05) is 66.7 Å². The molecule has 172 valence electrons. The number of halogens is 1. The molecule has 3 rings (SSSR count). The van der Waals surface area contributed by atoms with E-state index in [2.05, 4.69) is 52.1 Å². The Morgan fingerprint density at radius 1 is 0.848 bits per heavy atom. The molecule has 0 spiro atoms. The van der Waals surface area contributed by atoms with E-state index < -0.39 is 0 Å². The van der Waals surface area contributed by atoms with Crippen molar-refractivity contribution in [3.8, 4) is 5.75 Å². The van der Waals surface area contributed by atoms with E-state index >= 15 is 0 Å². The first-order valence-electron chi connectivity index (χ1n) is 11.0. The number of para-hydroxylation sites is 1. The maximum Gasteiger partial charge on any atom is 0.154 e. The summed E-state index contributed by atoms with van der Waals surface area (Å²) in [5.74, 6) is 0.915. The summed E-state index contributed by atoms with van der Waals surface area (Å²) in [6.07, 6.45) is 1.68. The van der Waals surface area contributed by atoms with E-state index in [9.17, 15) is 5.11 Å². The number of aliphatic imine (C=N–C) groups is 1. The largest absolute Gasteiger partial charge is 0.507 e. The van der Waals surface area contributed by atoms with Crippen molar-refractivity contribution in [3.63, 3.8) is 0 Å². The normalized spacial score (nSPS) is 12.9. The van der Waals surface area contributed by atoms with Gasteiger partial charge in [0.25, 0.3) is 0 Å². The maximum atomic E-state index is 11.1. The Morgan fingerprint density at radius 3 is 1.94 bits per heavy atom. The van der Waals surface area contributed by atoms with Crippen LogP contribution in [0.25, 0.3) is 0 Å². The Labute approximate surface area is 202 Å². The van der Waals surface area contributed by atoms with Crippen LogP contribution in [-0.2, 0) is 10.8 Å². The number of hydrogen-bond acceptors (Lipinski definition) is 3. The van der Waals surface area contributed by atoms with Gasteiger partial charge in [-0.3, -0.25) is 5.43 Å². The molecule has 0 heterocycles. The van der Waals surface area contributed by atoms with Gasteiger partial charge >= 0.3 is 0 Å². The standard InChI is InChI=1S/C28H32ClN3O/c1-27(2,3)22-16-20(17-23(25(22)33)28(4,5)6)26(31-21-13-8-7-9-14-21)32-30-18-19-12-10-11-15-24(19)29/h7-18,33H,1-6H3,(H,31,32). The van der Waals surface area contributed by atoms with Gasteiger partial charge in [-0.1, -0.05) is 89.5 Å². The van der Waals surface area contributed by atoms with Crippen LogP contribution in [0.2, 0.25) is 5.02 Å². The van der Waals surface area contributed by atoms with Crippen molar-refractivity contribution < 1.29 is 5.11 Å². The maximum absolute atomic E-state index is 11.1. The van der Waals surface area contributed by atoms with Crippen molar-refractivity contribution in [3.05, 3.63) is 94.0 Å². The summed E-state index contributed by atoms with van der Waals surface area (Å²) in [7, 11) is 0. The van der Waals surface area contributed by atoms with Crippen molar-refractivity contribution in [1.29, 1.82) is 0 Å². The first-order chi connectivity index (χ1) is 15.5. The van der Waals surface area contributed by atoms with Gasteiger partial charge in [0.2, 0.25) is 0 Å². The lowest BCUT2D eigenvalue weighted by Crippen LogP contribution is -2.23. The summed E-state index contributed by atoms with van der Waals surface area (Å²) in [5.41, 5.74) is 6.80. The van der Waals surface area contributed by atoms with Crippen molar-refractivity contribution in [2.45, 2.75) is 52.4 Å². The summed E-state index contributed by atoms with van der Waals surface area (Å²) in [5, 5.41) is 16.2. The molecule has 3 aromatic rings. The number of hydrogen-bond donors (Lipinski definition) is 2. The minimum atomic E-state index is -0.251. The Morgan fingerprint density at radius 2 is 1.39 bits per heavy atom. The third kappa shape index (κ3) is 6.23. The van der Waals surface area contributed by atoms with Crippen LogP contribution in [0.5, 0.6) is 5.75 Å². The third-order valence-corrected chi connectivity index (χ3v) is 5.62. The van der Waals surface area contributed by atoms with Gasteiger partial charge in [0.05, 0.1) is 11.9 Å². The SMILES string of the molecule is CC(C)(C)c1cc(C(=Nc2ccccc2)NN=Cc2ccccc2Cl)cc(C(C)(C)C)c1O. The lowest BCUT2D eigenvalue weighted by molar-refractivity contribution is 0.423. The van der Waals surface area contributed by atoms with Gasteiger partial charge in [-0.2, -0.15) is 5.10 Å². The van der Waals surface area contributed by atoms with E-state index in [-0.39, 0.29) is 10.8 Å². The molecule has 33 heavy (non-hydrogen) atoms. The van der Waals surface area contributed by atoms with Gasteiger partial charge in [-0.25, -0.2) is 4.99 Å². The summed E-state index contributed by atoms with van der Waals surface area (Å²) in [6, 6.07) is 21.2. The Kier molecular flexibility index (Phi) is 7.28. The fraction of sp³-hybridized carbons (Fsp3) is 0.286. The Hall–Kier alpha value is -3.11. The molecule has 2 N–H and O–H groups in total. The van der Waals surface area contributed by atoms with E-state index in [4.69, 9.17) is 16.6 Å².